The van der Waals surface area contributed by atoms with Crippen LogP contribution in [0.15, 0.2) is 91.0 Å². The Morgan fingerprint density at radius 2 is 1.30 bits per heavy atom. The summed E-state index contributed by atoms with van der Waals surface area (Å²) in [6.07, 6.45) is -0.227. The molecule has 9 heteroatoms. The number of phosphoric acid groups is 1. The van der Waals surface area contributed by atoms with E-state index in [0.29, 0.717) is 17.4 Å². The molecular weight excluding hydrogens is 529 g/mol. The maximum absolute atomic E-state index is 12.5. The number of quaternary nitrogens is 1. The van der Waals surface area contributed by atoms with E-state index in [1.807, 2.05) is 119 Å². The van der Waals surface area contributed by atoms with Crippen LogP contribution in [0.2, 0.25) is 0 Å². The average molecular weight is 570 g/mol. The van der Waals surface area contributed by atoms with Gasteiger partial charge in [0.15, 0.2) is 0 Å². The van der Waals surface area contributed by atoms with Crippen LogP contribution in [-0.2, 0) is 33.5 Å². The molecule has 0 aliphatic rings. The minimum atomic E-state index is -4.64. The van der Waals surface area contributed by atoms with Crippen molar-refractivity contribution in [3.05, 3.63) is 108 Å². The van der Waals surface area contributed by atoms with Crippen molar-refractivity contribution in [2.24, 2.45) is 0 Å². The SMILES string of the molecule is CCCC(=O)O[C@H](COC(c1ccccc1)(c1ccccc1)c1ccccc1)COP(=O)([O-])OCC[N+](C)(C)C. The number of carbonyl (C=O) groups is 1. The molecule has 0 fully saturated rings. The first-order chi connectivity index (χ1) is 19.1. The molecule has 0 saturated carbocycles. The number of hydrogen-bond acceptors (Lipinski definition) is 7. The summed E-state index contributed by atoms with van der Waals surface area (Å²) in [6, 6.07) is 29.2. The highest BCUT2D eigenvalue weighted by atomic mass is 31.2. The fourth-order valence-corrected chi connectivity index (χ4v) is 4.92. The Bertz CT molecular complexity index is 1120. The lowest BCUT2D eigenvalue weighted by molar-refractivity contribution is -0.870. The van der Waals surface area contributed by atoms with E-state index in [0.717, 1.165) is 16.7 Å². The zero-order chi connectivity index (χ0) is 29.1. The van der Waals surface area contributed by atoms with Gasteiger partial charge in [0.25, 0.3) is 7.82 Å². The molecule has 0 amide bonds. The molecule has 216 valence electrons. The second-order valence-electron chi connectivity index (χ2n) is 10.5. The van der Waals surface area contributed by atoms with Gasteiger partial charge in [0.05, 0.1) is 34.4 Å². The first kappa shape index (κ1) is 31.7. The molecule has 3 rings (SSSR count). The van der Waals surface area contributed by atoms with Gasteiger partial charge in [-0.25, -0.2) is 0 Å². The topological polar surface area (TPSA) is 94.1 Å². The van der Waals surface area contributed by atoms with Crippen molar-refractivity contribution in [1.29, 1.82) is 0 Å². The molecular formula is C31H40NO7P. The van der Waals surface area contributed by atoms with E-state index in [1.165, 1.54) is 0 Å². The molecule has 0 N–H and O–H groups in total. The third-order valence-corrected chi connectivity index (χ3v) is 7.17. The molecule has 0 aliphatic heterocycles. The summed E-state index contributed by atoms with van der Waals surface area (Å²) < 4.78 is 35.6. The standard InChI is InChI=1S/C31H40NO7P/c1-5-15-30(33)39-29(25-38-40(34,35)37-23-22-32(2,3)4)24-36-31(26-16-9-6-10-17-26,27-18-11-7-12-19-27)28-20-13-8-14-21-28/h6-14,16-21,29H,5,15,22-25H2,1-4H3/t29-/m1/s1. The Kier molecular flexibility index (Phi) is 11.6. The molecule has 0 spiro atoms. The van der Waals surface area contributed by atoms with Crippen LogP contribution in [0.1, 0.15) is 36.5 Å². The number of phosphoric ester groups is 1. The van der Waals surface area contributed by atoms with Gasteiger partial charge in [0.2, 0.25) is 0 Å². The lowest BCUT2D eigenvalue weighted by Gasteiger charge is -2.37. The van der Waals surface area contributed by atoms with E-state index in [1.54, 1.807) is 0 Å². The molecule has 3 aromatic rings. The Morgan fingerprint density at radius 3 is 1.73 bits per heavy atom. The van der Waals surface area contributed by atoms with Crippen molar-refractivity contribution < 1.29 is 37.3 Å². The summed E-state index contributed by atoms with van der Waals surface area (Å²) >= 11 is 0. The van der Waals surface area contributed by atoms with Gasteiger partial charge in [0, 0.05) is 6.42 Å². The number of hydrogen-bond donors (Lipinski definition) is 0. The molecule has 0 bridgehead atoms. The van der Waals surface area contributed by atoms with Crippen LogP contribution in [0.25, 0.3) is 0 Å². The van der Waals surface area contributed by atoms with Crippen LogP contribution in [0.5, 0.6) is 0 Å². The number of nitrogens with zero attached hydrogens (tertiary/aromatic N) is 1. The van der Waals surface area contributed by atoms with Crippen LogP contribution in [0.3, 0.4) is 0 Å². The molecule has 1 unspecified atom stereocenters. The van der Waals surface area contributed by atoms with Crippen LogP contribution in [0.4, 0.5) is 0 Å². The van der Waals surface area contributed by atoms with Gasteiger partial charge in [-0.1, -0.05) is 97.9 Å². The van der Waals surface area contributed by atoms with Gasteiger partial charge in [-0.15, -0.1) is 0 Å². The van der Waals surface area contributed by atoms with Crippen molar-refractivity contribution >= 4 is 13.8 Å². The first-order valence-electron chi connectivity index (χ1n) is 13.5. The van der Waals surface area contributed by atoms with Crippen molar-refractivity contribution in [3.63, 3.8) is 0 Å². The summed E-state index contributed by atoms with van der Waals surface area (Å²) in [5, 5.41) is 0. The second-order valence-corrected chi connectivity index (χ2v) is 12.0. The van der Waals surface area contributed by atoms with Crippen molar-refractivity contribution in [3.8, 4) is 0 Å². The molecule has 2 atom stereocenters. The molecule has 3 aromatic carbocycles. The summed E-state index contributed by atoms with van der Waals surface area (Å²) in [6.45, 7) is 1.74. The number of rotatable bonds is 16. The van der Waals surface area contributed by atoms with E-state index in [9.17, 15) is 14.3 Å². The fraction of sp³-hybridized carbons (Fsp3) is 0.387. The zero-order valence-electron chi connectivity index (χ0n) is 23.7. The maximum atomic E-state index is 12.5. The largest absolute Gasteiger partial charge is 0.756 e. The number of benzene rings is 3. The van der Waals surface area contributed by atoms with Crippen LogP contribution in [0, 0.1) is 0 Å². The third kappa shape index (κ3) is 9.37. The number of carbonyl (C=O) groups excluding carboxylic acids is 1. The van der Waals surface area contributed by atoms with E-state index in [2.05, 4.69) is 0 Å². The number of esters is 1. The number of likely N-dealkylation sites (N-methyl/N-ethyl adjacent to an activating group) is 1. The molecule has 0 saturated heterocycles. The Balaban J connectivity index is 1.91. The monoisotopic (exact) mass is 569 g/mol. The molecule has 0 heterocycles. The van der Waals surface area contributed by atoms with E-state index in [-0.39, 0.29) is 19.6 Å². The highest BCUT2D eigenvalue weighted by Crippen LogP contribution is 2.41. The molecule has 0 radical (unpaired) electrons. The van der Waals surface area contributed by atoms with Gasteiger partial charge >= 0.3 is 5.97 Å². The predicted octanol–water partition coefficient (Wildman–Crippen LogP) is 4.91. The molecule has 8 nitrogen and oxygen atoms in total. The maximum Gasteiger partial charge on any atom is 0.306 e. The lowest BCUT2D eigenvalue weighted by Crippen LogP contribution is -2.38. The van der Waals surface area contributed by atoms with E-state index in [4.69, 9.17) is 18.5 Å². The summed E-state index contributed by atoms with van der Waals surface area (Å²) in [5.74, 6) is -0.462. The van der Waals surface area contributed by atoms with Crippen LogP contribution in [-0.4, -0.2) is 64.1 Å². The van der Waals surface area contributed by atoms with Gasteiger partial charge in [-0.05, 0) is 23.1 Å². The van der Waals surface area contributed by atoms with Gasteiger partial charge < -0.3 is 27.9 Å². The smallest absolute Gasteiger partial charge is 0.306 e. The van der Waals surface area contributed by atoms with Gasteiger partial charge in [-0.3, -0.25) is 9.36 Å². The van der Waals surface area contributed by atoms with Crippen LogP contribution >= 0.6 is 7.82 Å². The predicted molar refractivity (Wildman–Crippen MR) is 152 cm³/mol. The van der Waals surface area contributed by atoms with E-state index < -0.39 is 32.1 Å². The van der Waals surface area contributed by atoms with Gasteiger partial charge in [0.1, 0.15) is 24.9 Å². The minimum absolute atomic E-state index is 0.0276. The highest BCUT2D eigenvalue weighted by molar-refractivity contribution is 7.45. The van der Waals surface area contributed by atoms with Crippen molar-refractivity contribution in [1.82, 2.24) is 0 Å². The molecule has 40 heavy (non-hydrogen) atoms. The molecule has 0 aliphatic carbocycles. The lowest BCUT2D eigenvalue weighted by atomic mass is 9.80. The minimum Gasteiger partial charge on any atom is -0.756 e. The summed E-state index contributed by atoms with van der Waals surface area (Å²) in [7, 11) is 1.15. The summed E-state index contributed by atoms with van der Waals surface area (Å²) in [5.41, 5.74) is 1.53. The zero-order valence-corrected chi connectivity index (χ0v) is 24.6. The summed E-state index contributed by atoms with van der Waals surface area (Å²) in [4.78, 5) is 25.0. The Hall–Kier alpha value is -2.84. The normalized spacial score (nSPS) is 14.3. The highest BCUT2D eigenvalue weighted by Gasteiger charge is 2.38. The van der Waals surface area contributed by atoms with Crippen molar-refractivity contribution in [2.45, 2.75) is 31.5 Å². The fourth-order valence-electron chi connectivity index (χ4n) is 4.19. The quantitative estimate of drug-likeness (QED) is 0.105. The first-order valence-corrected chi connectivity index (χ1v) is 14.9. The number of ether oxygens (including phenoxy) is 2. The Morgan fingerprint density at radius 1 is 0.825 bits per heavy atom. The second kappa shape index (κ2) is 14.7. The van der Waals surface area contributed by atoms with Crippen LogP contribution < -0.4 is 4.89 Å². The molecule has 0 aromatic heterocycles. The third-order valence-electron chi connectivity index (χ3n) is 6.21. The van der Waals surface area contributed by atoms with Crippen molar-refractivity contribution in [2.75, 3.05) is 47.5 Å². The Labute approximate surface area is 237 Å². The van der Waals surface area contributed by atoms with E-state index >= 15 is 0 Å². The van der Waals surface area contributed by atoms with Gasteiger partial charge in [-0.2, -0.15) is 0 Å². The average Bonchev–Trinajstić information content (AvgIpc) is 2.93.